The van der Waals surface area contributed by atoms with Crippen molar-refractivity contribution in [2.24, 2.45) is 0 Å². The van der Waals surface area contributed by atoms with Gasteiger partial charge in [0.2, 0.25) is 0 Å². The smallest absolute Gasteiger partial charge is 0.303 e. The Morgan fingerprint density at radius 3 is 1.73 bits per heavy atom. The van der Waals surface area contributed by atoms with Gasteiger partial charge in [-0.1, -0.05) is 12.3 Å². The third kappa shape index (κ3) is 16.4. The average Bonchev–Trinajstić information content (AvgIpc) is 2.50. The first-order chi connectivity index (χ1) is 10.8. The Morgan fingerprint density at radius 2 is 1.23 bits per heavy atom. The van der Waals surface area contributed by atoms with Gasteiger partial charge in [0.05, 0.1) is 0 Å². The van der Waals surface area contributed by atoms with Gasteiger partial charge in [0, 0.05) is 12.8 Å². The lowest BCUT2D eigenvalue weighted by atomic mass is 10.1. The number of hydrogen-bond donors (Lipinski definition) is 1. The third-order valence-corrected chi connectivity index (χ3v) is 1.98. The number of terminal acetylenes is 1. The minimum atomic E-state index is -0.759. The van der Waals surface area contributed by atoms with Crippen LogP contribution in [0, 0.1) is 83.4 Å². The monoisotopic (exact) mass is 284 g/mol. The molecule has 0 aliphatic heterocycles. The number of carboxylic acid groups (broad SMARTS) is 1. The summed E-state index contributed by atoms with van der Waals surface area (Å²) in [7, 11) is 0. The quantitative estimate of drug-likeness (QED) is 0.616. The van der Waals surface area contributed by atoms with Gasteiger partial charge in [-0.3, -0.25) is 4.79 Å². The SMILES string of the molecule is C#CC#CC#CC#CC#CC#CC#CCCCCCC(=O)O. The molecule has 2 heteroatoms. The molecule has 104 valence electrons. The molecule has 0 heterocycles. The lowest BCUT2D eigenvalue weighted by Crippen LogP contribution is -1.93. The van der Waals surface area contributed by atoms with Crippen LogP contribution < -0.4 is 0 Å². The van der Waals surface area contributed by atoms with Crippen LogP contribution in [-0.4, -0.2) is 11.1 Å². The number of unbranched alkanes of at least 4 members (excludes halogenated alkanes) is 3. The molecule has 0 saturated carbocycles. The van der Waals surface area contributed by atoms with E-state index in [1.54, 1.807) is 0 Å². The first kappa shape index (κ1) is 18.4. The first-order valence-corrected chi connectivity index (χ1v) is 6.42. The molecule has 2 nitrogen and oxygen atoms in total. The summed E-state index contributed by atoms with van der Waals surface area (Å²) in [6.07, 6.45) is 8.24. The van der Waals surface area contributed by atoms with Crippen molar-refractivity contribution < 1.29 is 9.90 Å². The summed E-state index contributed by atoms with van der Waals surface area (Å²) in [5, 5.41) is 8.45. The fourth-order valence-corrected chi connectivity index (χ4v) is 1.09. The van der Waals surface area contributed by atoms with Crippen LogP contribution in [0.2, 0.25) is 0 Å². The van der Waals surface area contributed by atoms with Gasteiger partial charge in [-0.25, -0.2) is 0 Å². The van der Waals surface area contributed by atoms with Crippen LogP contribution in [0.5, 0.6) is 0 Å². The largest absolute Gasteiger partial charge is 0.481 e. The molecule has 0 aromatic rings. The third-order valence-electron chi connectivity index (χ3n) is 1.98. The van der Waals surface area contributed by atoms with Crippen molar-refractivity contribution in [2.75, 3.05) is 0 Å². The van der Waals surface area contributed by atoms with Gasteiger partial charge >= 0.3 is 5.97 Å². The topological polar surface area (TPSA) is 37.3 Å². The fourth-order valence-electron chi connectivity index (χ4n) is 1.09. The molecule has 0 rings (SSSR count). The summed E-state index contributed by atoms with van der Waals surface area (Å²) in [5.41, 5.74) is 0. The minimum Gasteiger partial charge on any atom is -0.481 e. The molecule has 0 aliphatic rings. The lowest BCUT2D eigenvalue weighted by Gasteiger charge is -1.92. The summed E-state index contributed by atoms with van der Waals surface area (Å²) < 4.78 is 0. The van der Waals surface area contributed by atoms with Gasteiger partial charge in [-0.05, 0) is 83.9 Å². The minimum absolute atomic E-state index is 0.213. The van der Waals surface area contributed by atoms with E-state index in [0.717, 1.165) is 12.8 Å². The van der Waals surface area contributed by atoms with Crippen molar-refractivity contribution in [1.82, 2.24) is 0 Å². The predicted molar refractivity (Wildman–Crippen MR) is 86.2 cm³/mol. The summed E-state index contributed by atoms with van der Waals surface area (Å²) in [6.45, 7) is 0. The van der Waals surface area contributed by atoms with Gasteiger partial charge in [-0.15, -0.1) is 6.42 Å². The molecule has 0 aliphatic carbocycles. The van der Waals surface area contributed by atoms with Gasteiger partial charge in [0.25, 0.3) is 0 Å². The molecule has 0 saturated heterocycles. The molecule has 0 aromatic heterocycles. The van der Waals surface area contributed by atoms with E-state index in [0.29, 0.717) is 12.8 Å². The van der Waals surface area contributed by atoms with Crippen LogP contribution in [0.4, 0.5) is 0 Å². The zero-order chi connectivity index (χ0) is 16.3. The van der Waals surface area contributed by atoms with Crippen LogP contribution >= 0.6 is 0 Å². The van der Waals surface area contributed by atoms with E-state index >= 15 is 0 Å². The van der Waals surface area contributed by atoms with E-state index in [1.165, 1.54) is 0 Å². The average molecular weight is 284 g/mol. The Hall–Kier alpha value is -3.61. The molecule has 0 spiro atoms. The Bertz CT molecular complexity index is 784. The Labute approximate surface area is 132 Å². The second-order valence-corrected chi connectivity index (χ2v) is 3.65. The molecule has 0 amide bonds. The molecular formula is C20H12O2. The standard InChI is InChI=1S/C20H12O2/c1-2-3-4-5-6-7-8-9-10-11-12-13-14-15-16-17-18-19-20(21)22/h1H,15-19H2,(H,21,22). The Balaban J connectivity index is 3.91. The van der Waals surface area contributed by atoms with Crippen LogP contribution in [-0.2, 0) is 4.79 Å². The van der Waals surface area contributed by atoms with E-state index in [2.05, 4.69) is 77.0 Å². The molecule has 1 N–H and O–H groups in total. The van der Waals surface area contributed by atoms with E-state index in [4.69, 9.17) is 11.5 Å². The van der Waals surface area contributed by atoms with Crippen molar-refractivity contribution in [2.45, 2.75) is 32.1 Å². The molecule has 0 aromatic carbocycles. The summed E-state index contributed by atoms with van der Waals surface area (Å²) >= 11 is 0. The Morgan fingerprint density at radius 1 is 0.727 bits per heavy atom. The van der Waals surface area contributed by atoms with E-state index in [1.807, 2.05) is 0 Å². The number of hydrogen-bond acceptors (Lipinski definition) is 1. The highest BCUT2D eigenvalue weighted by molar-refractivity contribution is 5.66. The van der Waals surface area contributed by atoms with E-state index in [-0.39, 0.29) is 6.42 Å². The molecule has 0 bridgehead atoms. The van der Waals surface area contributed by atoms with E-state index < -0.39 is 5.97 Å². The van der Waals surface area contributed by atoms with Gasteiger partial charge in [-0.2, -0.15) is 0 Å². The van der Waals surface area contributed by atoms with Crippen LogP contribution in [0.1, 0.15) is 32.1 Å². The second kappa shape index (κ2) is 15.4. The Kier molecular flexibility index (Phi) is 12.9. The molecule has 0 unspecified atom stereocenters. The van der Waals surface area contributed by atoms with Crippen molar-refractivity contribution in [3.8, 4) is 83.4 Å². The van der Waals surface area contributed by atoms with Crippen molar-refractivity contribution in [1.29, 1.82) is 0 Å². The highest BCUT2D eigenvalue weighted by atomic mass is 16.4. The molecule has 0 atom stereocenters. The van der Waals surface area contributed by atoms with Gasteiger partial charge in [0.15, 0.2) is 0 Å². The maximum absolute atomic E-state index is 10.3. The fraction of sp³-hybridized carbons (Fsp3) is 0.250. The van der Waals surface area contributed by atoms with Crippen molar-refractivity contribution >= 4 is 5.97 Å². The van der Waals surface area contributed by atoms with Crippen LogP contribution in [0.25, 0.3) is 0 Å². The number of carboxylic acids is 1. The van der Waals surface area contributed by atoms with Gasteiger partial charge in [0.1, 0.15) is 0 Å². The number of carbonyl (C=O) groups is 1. The summed E-state index contributed by atoms with van der Waals surface area (Å²) in [4.78, 5) is 10.3. The molecule has 0 fully saturated rings. The van der Waals surface area contributed by atoms with Crippen molar-refractivity contribution in [3.63, 3.8) is 0 Å². The zero-order valence-corrected chi connectivity index (χ0v) is 12.0. The maximum Gasteiger partial charge on any atom is 0.303 e. The van der Waals surface area contributed by atoms with Crippen LogP contribution in [0.3, 0.4) is 0 Å². The first-order valence-electron chi connectivity index (χ1n) is 6.42. The molecule has 0 radical (unpaired) electrons. The highest BCUT2D eigenvalue weighted by Gasteiger charge is 1.94. The summed E-state index contributed by atoms with van der Waals surface area (Å²) in [5.74, 6) is 31.7. The molecular weight excluding hydrogens is 272 g/mol. The second-order valence-electron chi connectivity index (χ2n) is 3.65. The van der Waals surface area contributed by atoms with E-state index in [9.17, 15) is 4.79 Å². The number of aliphatic carboxylic acids is 1. The summed E-state index contributed by atoms with van der Waals surface area (Å²) in [6, 6.07) is 0. The van der Waals surface area contributed by atoms with Crippen LogP contribution in [0.15, 0.2) is 0 Å². The van der Waals surface area contributed by atoms with Gasteiger partial charge < -0.3 is 5.11 Å². The predicted octanol–water partition coefficient (Wildman–Crippen LogP) is 1.68. The molecule has 22 heavy (non-hydrogen) atoms. The number of rotatable bonds is 5. The maximum atomic E-state index is 10.3. The van der Waals surface area contributed by atoms with Crippen molar-refractivity contribution in [3.05, 3.63) is 0 Å². The zero-order valence-electron chi connectivity index (χ0n) is 12.0. The normalized spacial score (nSPS) is 6.14. The lowest BCUT2D eigenvalue weighted by molar-refractivity contribution is -0.137. The highest BCUT2D eigenvalue weighted by Crippen LogP contribution is 2.01.